The summed E-state index contributed by atoms with van der Waals surface area (Å²) in [5, 5.41) is 5.71. The topological polar surface area (TPSA) is 88.4 Å². The fraction of sp³-hybridized carbons (Fsp3) is 0.130. The number of nitrogens with zero attached hydrogens (tertiary/aromatic N) is 3. The predicted octanol–water partition coefficient (Wildman–Crippen LogP) is 2.90. The van der Waals surface area contributed by atoms with Crippen molar-refractivity contribution in [2.75, 3.05) is 0 Å². The van der Waals surface area contributed by atoms with E-state index in [4.69, 9.17) is 0 Å². The number of aromatic nitrogens is 3. The maximum absolute atomic E-state index is 12.8. The summed E-state index contributed by atoms with van der Waals surface area (Å²) < 4.78 is 1.63. The summed E-state index contributed by atoms with van der Waals surface area (Å²) >= 11 is 0. The molecule has 0 saturated carbocycles. The Labute approximate surface area is 173 Å². The van der Waals surface area contributed by atoms with Gasteiger partial charge in [-0.3, -0.25) is 19.0 Å². The van der Waals surface area contributed by atoms with Crippen LogP contribution in [0.4, 0.5) is 0 Å². The molecule has 0 bridgehead atoms. The van der Waals surface area contributed by atoms with Gasteiger partial charge in [0, 0.05) is 18.9 Å². The van der Waals surface area contributed by atoms with Gasteiger partial charge in [-0.05, 0) is 42.3 Å². The smallest absolute Gasteiger partial charge is 0.287 e. The first kappa shape index (κ1) is 19.3. The zero-order valence-corrected chi connectivity index (χ0v) is 16.5. The van der Waals surface area contributed by atoms with Crippen LogP contribution in [-0.4, -0.2) is 26.2 Å². The summed E-state index contributed by atoms with van der Waals surface area (Å²) in [7, 11) is 0. The van der Waals surface area contributed by atoms with Crippen molar-refractivity contribution < 1.29 is 9.59 Å². The number of imidazole rings is 1. The lowest BCUT2D eigenvalue weighted by Crippen LogP contribution is -2.26. The number of carbonyl (C=O) groups is 2. The minimum atomic E-state index is -0.359. The molecule has 0 fully saturated rings. The molecular formula is C23H21N5O2. The fourth-order valence-electron chi connectivity index (χ4n) is 3.19. The molecule has 150 valence electrons. The Balaban J connectivity index is 1.55. The molecule has 0 aliphatic heterocycles. The highest BCUT2D eigenvalue weighted by atomic mass is 16.2. The van der Waals surface area contributed by atoms with Gasteiger partial charge in [0.05, 0.1) is 17.8 Å². The summed E-state index contributed by atoms with van der Waals surface area (Å²) in [5.74, 6) is -0.535. The molecule has 4 aromatic rings. The van der Waals surface area contributed by atoms with E-state index in [1.165, 1.54) is 0 Å². The minimum Gasteiger partial charge on any atom is -0.345 e. The van der Waals surface area contributed by atoms with Crippen molar-refractivity contribution in [3.63, 3.8) is 0 Å². The zero-order chi connectivity index (χ0) is 20.9. The van der Waals surface area contributed by atoms with E-state index in [-0.39, 0.29) is 29.9 Å². The van der Waals surface area contributed by atoms with Crippen molar-refractivity contribution in [1.82, 2.24) is 25.0 Å². The minimum absolute atomic E-state index is 0.169. The normalized spacial score (nSPS) is 10.7. The van der Waals surface area contributed by atoms with E-state index >= 15 is 0 Å². The Morgan fingerprint density at radius 2 is 1.67 bits per heavy atom. The van der Waals surface area contributed by atoms with Crippen LogP contribution >= 0.6 is 0 Å². The second kappa shape index (κ2) is 8.57. The number of benzene rings is 1. The number of hydrogen-bond acceptors (Lipinski definition) is 4. The van der Waals surface area contributed by atoms with E-state index in [1.54, 1.807) is 28.9 Å². The van der Waals surface area contributed by atoms with E-state index in [9.17, 15) is 9.59 Å². The van der Waals surface area contributed by atoms with Crippen LogP contribution in [0.3, 0.4) is 0 Å². The number of pyridine rings is 2. The van der Waals surface area contributed by atoms with Crippen molar-refractivity contribution in [1.29, 1.82) is 0 Å². The molecular weight excluding hydrogens is 378 g/mol. The van der Waals surface area contributed by atoms with Crippen LogP contribution < -0.4 is 10.6 Å². The Morgan fingerprint density at radius 1 is 0.900 bits per heavy atom. The summed E-state index contributed by atoms with van der Waals surface area (Å²) in [6.07, 6.45) is 3.39. The number of hydrogen-bond donors (Lipinski definition) is 2. The molecule has 0 unspecified atom stereocenters. The summed E-state index contributed by atoms with van der Waals surface area (Å²) in [6.45, 7) is 2.66. The first-order valence-electron chi connectivity index (χ1n) is 9.61. The molecule has 3 aromatic heterocycles. The average molecular weight is 399 g/mol. The van der Waals surface area contributed by atoms with Gasteiger partial charge < -0.3 is 10.6 Å². The molecule has 0 radical (unpaired) electrons. The van der Waals surface area contributed by atoms with Crippen molar-refractivity contribution in [3.05, 3.63) is 101 Å². The van der Waals surface area contributed by atoms with Crippen molar-refractivity contribution in [2.24, 2.45) is 0 Å². The highest BCUT2D eigenvalue weighted by Crippen LogP contribution is 2.14. The standard InChI is InChI=1S/C23H21N5O2/c1-16-8-2-3-9-17(16)14-25-23(30)21-27-20(19-11-5-7-13-28(19)21)22(29)26-15-18-10-4-6-12-24-18/h2-13H,14-15H2,1H3,(H,25,30)(H,26,29). The molecule has 0 aliphatic rings. The van der Waals surface area contributed by atoms with Crippen LogP contribution in [-0.2, 0) is 13.1 Å². The van der Waals surface area contributed by atoms with E-state index < -0.39 is 0 Å². The Morgan fingerprint density at radius 3 is 2.47 bits per heavy atom. The number of aryl methyl sites for hydroxylation is 1. The van der Waals surface area contributed by atoms with E-state index in [0.717, 1.165) is 16.8 Å². The highest BCUT2D eigenvalue weighted by molar-refractivity contribution is 6.02. The maximum Gasteiger partial charge on any atom is 0.287 e. The third-order valence-electron chi connectivity index (χ3n) is 4.82. The third kappa shape index (κ3) is 4.05. The second-order valence-electron chi connectivity index (χ2n) is 6.85. The van der Waals surface area contributed by atoms with Crippen molar-refractivity contribution in [2.45, 2.75) is 20.0 Å². The van der Waals surface area contributed by atoms with Crippen LogP contribution in [0.2, 0.25) is 0 Å². The van der Waals surface area contributed by atoms with Gasteiger partial charge in [0.1, 0.15) is 0 Å². The molecule has 2 N–H and O–H groups in total. The molecule has 0 aliphatic carbocycles. The Hall–Kier alpha value is -4.00. The van der Waals surface area contributed by atoms with Gasteiger partial charge in [-0.15, -0.1) is 0 Å². The number of rotatable bonds is 6. The average Bonchev–Trinajstić information content (AvgIpc) is 3.17. The molecule has 0 atom stereocenters. The first-order valence-corrected chi connectivity index (χ1v) is 9.61. The summed E-state index contributed by atoms with van der Waals surface area (Å²) in [6, 6.07) is 18.7. The van der Waals surface area contributed by atoms with Crippen LogP contribution in [0.5, 0.6) is 0 Å². The van der Waals surface area contributed by atoms with E-state index in [2.05, 4.69) is 20.6 Å². The molecule has 7 nitrogen and oxygen atoms in total. The monoisotopic (exact) mass is 399 g/mol. The van der Waals surface area contributed by atoms with Crippen LogP contribution in [0, 0.1) is 6.92 Å². The Kier molecular flexibility index (Phi) is 5.52. The van der Waals surface area contributed by atoms with Gasteiger partial charge in [0.25, 0.3) is 11.8 Å². The van der Waals surface area contributed by atoms with E-state index in [1.807, 2.05) is 55.5 Å². The molecule has 0 spiro atoms. The Bertz CT molecular complexity index is 1200. The van der Waals surface area contributed by atoms with Crippen LogP contribution in [0.1, 0.15) is 37.9 Å². The third-order valence-corrected chi connectivity index (χ3v) is 4.82. The van der Waals surface area contributed by atoms with Gasteiger partial charge in [-0.2, -0.15) is 0 Å². The van der Waals surface area contributed by atoms with Gasteiger partial charge in [0.15, 0.2) is 5.69 Å². The molecule has 2 amide bonds. The zero-order valence-electron chi connectivity index (χ0n) is 16.5. The molecule has 0 saturated heterocycles. The number of nitrogens with one attached hydrogen (secondary N) is 2. The number of amides is 2. The quantitative estimate of drug-likeness (QED) is 0.522. The lowest BCUT2D eigenvalue weighted by atomic mass is 10.1. The van der Waals surface area contributed by atoms with Gasteiger partial charge in [-0.25, -0.2) is 4.98 Å². The second-order valence-corrected chi connectivity index (χ2v) is 6.85. The molecule has 4 rings (SSSR count). The largest absolute Gasteiger partial charge is 0.345 e. The molecule has 30 heavy (non-hydrogen) atoms. The van der Waals surface area contributed by atoms with Gasteiger partial charge in [0.2, 0.25) is 5.82 Å². The highest BCUT2D eigenvalue weighted by Gasteiger charge is 2.21. The van der Waals surface area contributed by atoms with Crippen LogP contribution in [0.15, 0.2) is 73.1 Å². The summed E-state index contributed by atoms with van der Waals surface area (Å²) in [5.41, 5.74) is 3.63. The van der Waals surface area contributed by atoms with Crippen LogP contribution in [0.25, 0.3) is 5.52 Å². The predicted molar refractivity (Wildman–Crippen MR) is 113 cm³/mol. The molecule has 1 aromatic carbocycles. The number of carbonyl (C=O) groups excluding carboxylic acids is 2. The van der Waals surface area contributed by atoms with Crippen molar-refractivity contribution >= 4 is 17.3 Å². The van der Waals surface area contributed by atoms with Crippen molar-refractivity contribution in [3.8, 4) is 0 Å². The molecule has 3 heterocycles. The SMILES string of the molecule is Cc1ccccc1CNC(=O)c1nc(C(=O)NCc2ccccn2)c2ccccn12. The fourth-order valence-corrected chi connectivity index (χ4v) is 3.19. The van der Waals surface area contributed by atoms with Gasteiger partial charge in [-0.1, -0.05) is 36.4 Å². The maximum atomic E-state index is 12.8. The lowest BCUT2D eigenvalue weighted by molar-refractivity contribution is 0.0939. The van der Waals surface area contributed by atoms with E-state index in [0.29, 0.717) is 12.1 Å². The number of fused-ring (bicyclic) bond motifs is 1. The first-order chi connectivity index (χ1) is 14.6. The molecule has 7 heteroatoms. The van der Waals surface area contributed by atoms with Gasteiger partial charge >= 0.3 is 0 Å². The summed E-state index contributed by atoms with van der Waals surface area (Å²) in [4.78, 5) is 34.1. The lowest BCUT2D eigenvalue weighted by Gasteiger charge is -2.07.